The van der Waals surface area contributed by atoms with E-state index in [1.165, 1.54) is 122 Å². The van der Waals surface area contributed by atoms with Crippen LogP contribution in [-0.2, 0) is 27.9 Å². The Morgan fingerprint density at radius 1 is 0.444 bits per heavy atom. The van der Waals surface area contributed by atoms with Crippen LogP contribution >= 0.6 is 7.82 Å². The van der Waals surface area contributed by atoms with Gasteiger partial charge < -0.3 is 28.5 Å². The molecule has 0 spiro atoms. The average Bonchev–Trinajstić information content (AvgIpc) is 3.44. The zero-order valence-corrected chi connectivity index (χ0v) is 54.4. The normalized spacial score (nSPS) is 14.2. The number of quaternary nitrogens is 1. The SMILES string of the molecule is CC/C=C\C/C=C\C/C=C\C/C=C\C/C=C\C/C=C\CCCCCCCCC(=O)NC(COP(=O)([O-])OCC[N+](C)(C)C)C(/C=C\CCCCCCCCCCCCC)OC(=O)CCCCCCCCC/C=C/CCCCCCCC. The van der Waals surface area contributed by atoms with Crippen molar-refractivity contribution in [2.45, 2.75) is 303 Å². The van der Waals surface area contributed by atoms with Crippen LogP contribution in [0.15, 0.2) is 97.2 Å². The number of phosphoric acid groups is 1. The Morgan fingerprint density at radius 3 is 1.20 bits per heavy atom. The number of carbonyl (C=O) groups is 2. The van der Waals surface area contributed by atoms with Crippen LogP contribution in [0.4, 0.5) is 0 Å². The molecule has 0 aliphatic carbocycles. The predicted octanol–water partition coefficient (Wildman–Crippen LogP) is 20.5. The van der Waals surface area contributed by atoms with Crippen molar-refractivity contribution in [2.75, 3.05) is 40.9 Å². The summed E-state index contributed by atoms with van der Waals surface area (Å²) < 4.78 is 30.4. The summed E-state index contributed by atoms with van der Waals surface area (Å²) >= 11 is 0. The maximum absolute atomic E-state index is 13.6. The van der Waals surface area contributed by atoms with Crippen molar-refractivity contribution < 1.29 is 37.3 Å². The lowest BCUT2D eigenvalue weighted by Gasteiger charge is -2.30. The molecule has 81 heavy (non-hydrogen) atoms. The fourth-order valence-electron chi connectivity index (χ4n) is 9.34. The van der Waals surface area contributed by atoms with Gasteiger partial charge in [0.15, 0.2) is 0 Å². The number of ether oxygens (including phenoxy) is 1. The van der Waals surface area contributed by atoms with Crippen molar-refractivity contribution in [3.63, 3.8) is 0 Å². The molecule has 468 valence electrons. The Morgan fingerprint density at radius 2 is 0.790 bits per heavy atom. The van der Waals surface area contributed by atoms with Crippen molar-refractivity contribution in [1.82, 2.24) is 5.32 Å². The summed E-state index contributed by atoms with van der Waals surface area (Å²) in [5, 5.41) is 3.03. The van der Waals surface area contributed by atoms with E-state index in [0.717, 1.165) is 135 Å². The van der Waals surface area contributed by atoms with Gasteiger partial charge in [-0.15, -0.1) is 0 Å². The van der Waals surface area contributed by atoms with E-state index in [2.05, 4.69) is 111 Å². The smallest absolute Gasteiger partial charge is 0.306 e. The fraction of sp³-hybridized carbons (Fsp3) is 0.746. The second-order valence-corrected chi connectivity index (χ2v) is 25.0. The van der Waals surface area contributed by atoms with Crippen LogP contribution in [0.1, 0.15) is 290 Å². The highest BCUT2D eigenvalue weighted by Gasteiger charge is 2.27. The van der Waals surface area contributed by atoms with Gasteiger partial charge in [0.25, 0.3) is 7.82 Å². The summed E-state index contributed by atoms with van der Waals surface area (Å²) in [7, 11) is 1.16. The number of carbonyl (C=O) groups excluding carboxylic acids is 2. The third-order valence-corrected chi connectivity index (χ3v) is 15.5. The van der Waals surface area contributed by atoms with Gasteiger partial charge in [-0.25, -0.2) is 0 Å². The van der Waals surface area contributed by atoms with Gasteiger partial charge in [0.1, 0.15) is 19.3 Å². The van der Waals surface area contributed by atoms with Crippen LogP contribution in [-0.4, -0.2) is 69.4 Å². The molecule has 0 aromatic rings. The van der Waals surface area contributed by atoms with Crippen molar-refractivity contribution in [3.8, 4) is 0 Å². The monoisotopic (exact) mass is 1150 g/mol. The molecule has 0 aromatic carbocycles. The van der Waals surface area contributed by atoms with Gasteiger partial charge in [0, 0.05) is 12.8 Å². The van der Waals surface area contributed by atoms with Crippen LogP contribution < -0.4 is 10.2 Å². The zero-order valence-electron chi connectivity index (χ0n) is 53.5. The number of likely N-dealkylation sites (N-methyl/N-ethyl adjacent to an activating group) is 1. The second-order valence-electron chi connectivity index (χ2n) is 23.6. The van der Waals surface area contributed by atoms with E-state index in [4.69, 9.17) is 13.8 Å². The first-order valence-electron chi connectivity index (χ1n) is 33.5. The number of phosphoric ester groups is 1. The van der Waals surface area contributed by atoms with Crippen molar-refractivity contribution >= 4 is 19.7 Å². The Bertz CT molecular complexity index is 1710. The lowest BCUT2D eigenvalue weighted by Crippen LogP contribution is -2.47. The van der Waals surface area contributed by atoms with Crippen molar-refractivity contribution in [2.24, 2.45) is 0 Å². The number of hydrogen-bond acceptors (Lipinski definition) is 7. The molecular weight excluding hydrogens is 1020 g/mol. The van der Waals surface area contributed by atoms with E-state index in [9.17, 15) is 19.0 Å². The molecule has 0 bridgehead atoms. The van der Waals surface area contributed by atoms with Gasteiger partial charge in [-0.2, -0.15) is 0 Å². The molecule has 0 radical (unpaired) electrons. The Kier molecular flexibility index (Phi) is 57.8. The lowest BCUT2D eigenvalue weighted by atomic mass is 10.0. The van der Waals surface area contributed by atoms with Crippen molar-refractivity contribution in [1.29, 1.82) is 0 Å². The van der Waals surface area contributed by atoms with Gasteiger partial charge in [0.2, 0.25) is 5.91 Å². The largest absolute Gasteiger partial charge is 0.756 e. The topological polar surface area (TPSA) is 114 Å². The summed E-state index contributed by atoms with van der Waals surface area (Å²) in [5.74, 6) is -0.561. The molecule has 0 aliphatic rings. The predicted molar refractivity (Wildman–Crippen MR) is 348 cm³/mol. The summed E-state index contributed by atoms with van der Waals surface area (Å²) in [6, 6.07) is -0.904. The van der Waals surface area contributed by atoms with E-state index >= 15 is 0 Å². The molecule has 0 saturated heterocycles. The molecule has 3 atom stereocenters. The Hall–Kier alpha value is -3.07. The minimum atomic E-state index is -4.71. The third-order valence-electron chi connectivity index (χ3n) is 14.5. The number of nitrogens with one attached hydrogen (secondary N) is 1. The molecule has 0 heterocycles. The summed E-state index contributed by atoms with van der Waals surface area (Å²) in [6.07, 6.45) is 80.9. The molecule has 0 aliphatic heterocycles. The number of allylic oxidation sites excluding steroid dienone is 15. The van der Waals surface area contributed by atoms with Crippen LogP contribution in [0.3, 0.4) is 0 Å². The molecule has 3 unspecified atom stereocenters. The number of rotatable bonds is 60. The van der Waals surface area contributed by atoms with Gasteiger partial charge >= 0.3 is 5.97 Å². The Balaban J connectivity index is 5.22. The van der Waals surface area contributed by atoms with E-state index < -0.39 is 26.6 Å². The van der Waals surface area contributed by atoms with Crippen LogP contribution in [0.25, 0.3) is 0 Å². The summed E-state index contributed by atoms with van der Waals surface area (Å²) in [5.41, 5.74) is 0. The van der Waals surface area contributed by atoms with E-state index in [-0.39, 0.29) is 24.9 Å². The summed E-state index contributed by atoms with van der Waals surface area (Å²) in [4.78, 5) is 40.1. The number of unbranched alkanes of at least 4 members (excludes halogenated alkanes) is 30. The molecular formula is C71H127N2O7P. The first-order chi connectivity index (χ1) is 39.4. The van der Waals surface area contributed by atoms with Gasteiger partial charge in [-0.3, -0.25) is 14.2 Å². The number of hydrogen-bond donors (Lipinski definition) is 1. The first kappa shape index (κ1) is 77.9. The molecule has 0 rings (SSSR count). The minimum Gasteiger partial charge on any atom is -0.756 e. The van der Waals surface area contributed by atoms with Gasteiger partial charge in [0.05, 0.1) is 33.8 Å². The molecule has 0 fully saturated rings. The van der Waals surface area contributed by atoms with Crippen LogP contribution in [0.2, 0.25) is 0 Å². The van der Waals surface area contributed by atoms with Crippen molar-refractivity contribution in [3.05, 3.63) is 97.2 Å². The molecule has 0 saturated carbocycles. The molecule has 1 N–H and O–H groups in total. The average molecular weight is 1150 g/mol. The fourth-order valence-corrected chi connectivity index (χ4v) is 10.1. The highest BCUT2D eigenvalue weighted by molar-refractivity contribution is 7.45. The molecule has 9 nitrogen and oxygen atoms in total. The maximum Gasteiger partial charge on any atom is 0.306 e. The minimum absolute atomic E-state index is 0.0300. The third kappa shape index (κ3) is 61.3. The van der Waals surface area contributed by atoms with E-state index in [1.807, 2.05) is 33.3 Å². The number of esters is 1. The van der Waals surface area contributed by atoms with E-state index in [0.29, 0.717) is 17.4 Å². The van der Waals surface area contributed by atoms with Gasteiger partial charge in [-0.05, 0) is 109 Å². The standard InChI is InChI=1S/C71H127N2O7P/c1-7-10-13-16-19-22-25-28-30-32-33-34-35-36-37-38-39-41-42-45-48-51-54-57-60-63-70(74)72-68(67-79-81(76,77)78-66-65-73(4,5)6)69(62-59-56-53-50-47-44-27-24-21-18-15-12-9-3)80-71(75)64-61-58-55-52-49-46-43-40-31-29-26-23-20-17-14-11-8-2/h10,13,19,22,28-31,33-34,36-37,39,41,59,62,68-69H,7-9,11-12,14-18,20-21,23-27,32,35,38,40,42-58,60-61,63-67H2,1-6H3,(H-,72,74,76,77)/b13-10-,22-19-,30-28-,31-29+,34-33-,37-36-,41-39-,62-59-. The highest BCUT2D eigenvalue weighted by Crippen LogP contribution is 2.38. The lowest BCUT2D eigenvalue weighted by molar-refractivity contribution is -0.870. The second kappa shape index (κ2) is 60.1. The molecule has 10 heteroatoms. The number of amides is 1. The maximum atomic E-state index is 13.6. The summed E-state index contributed by atoms with van der Waals surface area (Å²) in [6.45, 7) is 6.72. The Labute approximate surface area is 500 Å². The first-order valence-corrected chi connectivity index (χ1v) is 35.0. The van der Waals surface area contributed by atoms with E-state index in [1.54, 1.807) is 0 Å². The van der Waals surface area contributed by atoms with Crippen LogP contribution in [0.5, 0.6) is 0 Å². The quantitative estimate of drug-likeness (QED) is 0.0212. The van der Waals surface area contributed by atoms with Crippen LogP contribution in [0, 0.1) is 0 Å². The number of nitrogens with zero attached hydrogens (tertiary/aromatic N) is 1. The molecule has 1 amide bonds. The zero-order chi connectivity index (χ0) is 59.3. The van der Waals surface area contributed by atoms with Gasteiger partial charge in [-0.1, -0.05) is 266 Å². The highest BCUT2D eigenvalue weighted by atomic mass is 31.2. The molecule has 0 aromatic heterocycles.